The number of anilines is 1. The highest BCUT2D eigenvalue weighted by molar-refractivity contribution is 6.32. The Balaban J connectivity index is 2.72. The van der Waals surface area contributed by atoms with Crippen LogP contribution in [0.25, 0.3) is 0 Å². The molecule has 1 aromatic heterocycles. The summed E-state index contributed by atoms with van der Waals surface area (Å²) in [5.41, 5.74) is 0. The zero-order chi connectivity index (χ0) is 9.68. The summed E-state index contributed by atoms with van der Waals surface area (Å²) in [7, 11) is 1.87. The molecule has 0 amide bonds. The summed E-state index contributed by atoms with van der Waals surface area (Å²) in [6, 6.07) is 5.64. The van der Waals surface area contributed by atoms with Gasteiger partial charge < -0.3 is 4.90 Å². The molecule has 0 saturated carbocycles. The third kappa shape index (κ3) is 2.60. The topological polar surface area (TPSA) is 39.9 Å². The first-order valence-electron chi connectivity index (χ1n) is 3.94. The van der Waals surface area contributed by atoms with Gasteiger partial charge in [0, 0.05) is 19.8 Å². The number of pyridine rings is 1. The molecule has 0 spiro atoms. The minimum Gasteiger partial charge on any atom is -0.357 e. The van der Waals surface area contributed by atoms with Gasteiger partial charge in [0.2, 0.25) is 0 Å². The Morgan fingerprint density at radius 1 is 1.69 bits per heavy atom. The average Bonchev–Trinajstić information content (AvgIpc) is 2.15. The Kier molecular flexibility index (Phi) is 3.53. The lowest BCUT2D eigenvalue weighted by Crippen LogP contribution is -2.19. The van der Waals surface area contributed by atoms with Crippen LogP contribution in [0, 0.1) is 11.3 Å². The molecular weight excluding hydrogens is 186 g/mol. The number of nitriles is 1. The zero-order valence-electron chi connectivity index (χ0n) is 7.37. The summed E-state index contributed by atoms with van der Waals surface area (Å²) in [6.07, 6.45) is 2.16. The van der Waals surface area contributed by atoms with E-state index in [9.17, 15) is 0 Å². The molecule has 0 aromatic carbocycles. The van der Waals surface area contributed by atoms with E-state index >= 15 is 0 Å². The van der Waals surface area contributed by atoms with Crippen LogP contribution in [0.3, 0.4) is 0 Å². The predicted molar refractivity (Wildman–Crippen MR) is 52.7 cm³/mol. The number of nitrogens with zero attached hydrogens (tertiary/aromatic N) is 3. The van der Waals surface area contributed by atoms with E-state index in [2.05, 4.69) is 11.1 Å². The van der Waals surface area contributed by atoms with Crippen molar-refractivity contribution >= 4 is 17.4 Å². The van der Waals surface area contributed by atoms with Crippen molar-refractivity contribution in [3.8, 4) is 6.07 Å². The van der Waals surface area contributed by atoms with Crippen molar-refractivity contribution in [2.75, 3.05) is 18.5 Å². The SMILES string of the molecule is CN(CCC#N)c1ncccc1Cl. The molecule has 0 N–H and O–H groups in total. The van der Waals surface area contributed by atoms with Crippen LogP contribution in [0.15, 0.2) is 18.3 Å². The zero-order valence-corrected chi connectivity index (χ0v) is 8.12. The molecule has 0 fully saturated rings. The number of halogens is 1. The van der Waals surface area contributed by atoms with Gasteiger partial charge in [0.05, 0.1) is 17.5 Å². The minimum absolute atomic E-state index is 0.476. The third-order valence-electron chi connectivity index (χ3n) is 1.66. The number of hydrogen-bond acceptors (Lipinski definition) is 3. The largest absolute Gasteiger partial charge is 0.357 e. The normalized spacial score (nSPS) is 9.31. The van der Waals surface area contributed by atoms with Gasteiger partial charge >= 0.3 is 0 Å². The van der Waals surface area contributed by atoms with E-state index in [4.69, 9.17) is 16.9 Å². The van der Waals surface area contributed by atoms with Crippen molar-refractivity contribution in [3.63, 3.8) is 0 Å². The molecule has 0 unspecified atom stereocenters. The van der Waals surface area contributed by atoms with Crippen LogP contribution in [0.5, 0.6) is 0 Å². The van der Waals surface area contributed by atoms with Crippen LogP contribution in [0.1, 0.15) is 6.42 Å². The van der Waals surface area contributed by atoms with E-state index < -0.39 is 0 Å². The fourth-order valence-corrected chi connectivity index (χ4v) is 1.25. The highest BCUT2D eigenvalue weighted by Crippen LogP contribution is 2.20. The van der Waals surface area contributed by atoms with E-state index in [1.54, 1.807) is 18.3 Å². The maximum Gasteiger partial charge on any atom is 0.147 e. The van der Waals surface area contributed by atoms with Gasteiger partial charge in [0.1, 0.15) is 5.82 Å². The molecule has 0 aliphatic heterocycles. The van der Waals surface area contributed by atoms with Crippen LogP contribution in [-0.2, 0) is 0 Å². The van der Waals surface area contributed by atoms with Gasteiger partial charge in [-0.05, 0) is 12.1 Å². The first-order valence-corrected chi connectivity index (χ1v) is 4.32. The molecular formula is C9H10ClN3. The van der Waals surface area contributed by atoms with Crippen molar-refractivity contribution in [3.05, 3.63) is 23.4 Å². The number of aromatic nitrogens is 1. The first-order chi connectivity index (χ1) is 6.25. The average molecular weight is 196 g/mol. The summed E-state index contributed by atoms with van der Waals surface area (Å²) >= 11 is 5.91. The summed E-state index contributed by atoms with van der Waals surface area (Å²) < 4.78 is 0. The predicted octanol–water partition coefficient (Wildman–Crippen LogP) is 2.08. The van der Waals surface area contributed by atoms with Crippen LogP contribution in [0.4, 0.5) is 5.82 Å². The summed E-state index contributed by atoms with van der Waals surface area (Å²) in [5.74, 6) is 0.722. The highest BCUT2D eigenvalue weighted by Gasteiger charge is 2.05. The maximum atomic E-state index is 8.40. The van der Waals surface area contributed by atoms with Gasteiger partial charge in [-0.15, -0.1) is 0 Å². The van der Waals surface area contributed by atoms with Gasteiger partial charge in [-0.2, -0.15) is 5.26 Å². The Labute approximate surface area is 82.6 Å². The molecule has 1 aromatic rings. The molecule has 0 atom stereocenters. The second-order valence-electron chi connectivity index (χ2n) is 2.64. The van der Waals surface area contributed by atoms with Gasteiger partial charge in [0.25, 0.3) is 0 Å². The fraction of sp³-hybridized carbons (Fsp3) is 0.333. The van der Waals surface area contributed by atoms with Crippen molar-refractivity contribution in [2.45, 2.75) is 6.42 Å². The lowest BCUT2D eigenvalue weighted by atomic mass is 10.4. The van der Waals surface area contributed by atoms with Crippen molar-refractivity contribution in [1.29, 1.82) is 5.26 Å². The van der Waals surface area contributed by atoms with Crippen molar-refractivity contribution in [2.24, 2.45) is 0 Å². The van der Waals surface area contributed by atoms with Crippen molar-refractivity contribution < 1.29 is 0 Å². The van der Waals surface area contributed by atoms with Crippen LogP contribution >= 0.6 is 11.6 Å². The smallest absolute Gasteiger partial charge is 0.147 e. The Morgan fingerprint density at radius 2 is 2.46 bits per heavy atom. The van der Waals surface area contributed by atoms with Crippen LogP contribution < -0.4 is 4.90 Å². The van der Waals surface area contributed by atoms with E-state index in [0.29, 0.717) is 18.0 Å². The van der Waals surface area contributed by atoms with Gasteiger partial charge in [-0.1, -0.05) is 11.6 Å². The van der Waals surface area contributed by atoms with Crippen molar-refractivity contribution in [1.82, 2.24) is 4.98 Å². The number of rotatable bonds is 3. The molecule has 0 aliphatic rings. The monoisotopic (exact) mass is 195 g/mol. The standard InChI is InChI=1S/C9H10ClN3/c1-13(7-3-5-11)9-8(10)4-2-6-12-9/h2,4,6H,3,7H2,1H3. The minimum atomic E-state index is 0.476. The van der Waals surface area contributed by atoms with E-state index in [1.165, 1.54) is 0 Å². The van der Waals surface area contributed by atoms with Gasteiger partial charge in [-0.25, -0.2) is 4.98 Å². The first kappa shape index (κ1) is 9.82. The molecule has 3 nitrogen and oxygen atoms in total. The number of hydrogen-bond donors (Lipinski definition) is 0. The lowest BCUT2D eigenvalue weighted by Gasteiger charge is -2.16. The molecule has 0 radical (unpaired) electrons. The lowest BCUT2D eigenvalue weighted by molar-refractivity contribution is 0.885. The molecule has 0 saturated heterocycles. The highest BCUT2D eigenvalue weighted by atomic mass is 35.5. The molecule has 68 valence electrons. The summed E-state index contributed by atoms with van der Waals surface area (Å²) in [6.45, 7) is 0.646. The molecule has 13 heavy (non-hydrogen) atoms. The molecule has 4 heteroatoms. The van der Waals surface area contributed by atoms with Crippen LogP contribution in [-0.4, -0.2) is 18.6 Å². The van der Waals surface area contributed by atoms with E-state index in [1.807, 2.05) is 11.9 Å². The van der Waals surface area contributed by atoms with Gasteiger partial charge in [-0.3, -0.25) is 0 Å². The second-order valence-corrected chi connectivity index (χ2v) is 3.05. The Hall–Kier alpha value is -1.27. The molecule has 1 heterocycles. The molecule has 0 bridgehead atoms. The maximum absolute atomic E-state index is 8.40. The van der Waals surface area contributed by atoms with Crippen LogP contribution in [0.2, 0.25) is 5.02 Å². The summed E-state index contributed by atoms with van der Waals surface area (Å²) in [4.78, 5) is 5.98. The second kappa shape index (κ2) is 4.68. The third-order valence-corrected chi connectivity index (χ3v) is 1.95. The molecule has 0 aliphatic carbocycles. The Bertz CT molecular complexity index is 319. The summed E-state index contributed by atoms with van der Waals surface area (Å²) in [5, 5.41) is 9.02. The fourth-order valence-electron chi connectivity index (χ4n) is 0.982. The van der Waals surface area contributed by atoms with E-state index in [-0.39, 0.29) is 0 Å². The quantitative estimate of drug-likeness (QED) is 0.742. The van der Waals surface area contributed by atoms with E-state index in [0.717, 1.165) is 5.82 Å². The molecule has 1 rings (SSSR count). The Morgan fingerprint density at radius 3 is 3.08 bits per heavy atom. The van der Waals surface area contributed by atoms with Gasteiger partial charge in [0.15, 0.2) is 0 Å².